The molecule has 146 valence electrons. The Morgan fingerprint density at radius 1 is 1.11 bits per heavy atom. The molecule has 3 aromatic rings. The quantitative estimate of drug-likeness (QED) is 0.546. The second-order valence-electron chi connectivity index (χ2n) is 5.53. The van der Waals surface area contributed by atoms with Crippen molar-refractivity contribution < 1.29 is 22.0 Å². The van der Waals surface area contributed by atoms with Crippen molar-refractivity contribution in [3.05, 3.63) is 60.0 Å². The summed E-state index contributed by atoms with van der Waals surface area (Å²) >= 11 is 2.71. The van der Waals surface area contributed by atoms with Gasteiger partial charge in [0.15, 0.2) is 4.34 Å². The van der Waals surface area contributed by atoms with Crippen molar-refractivity contribution in [2.45, 2.75) is 15.0 Å². The Kier molecular flexibility index (Phi) is 6.42. The molecule has 0 aliphatic carbocycles. The van der Waals surface area contributed by atoms with Crippen molar-refractivity contribution in [2.75, 3.05) is 11.1 Å². The van der Waals surface area contributed by atoms with E-state index in [-0.39, 0.29) is 11.7 Å². The van der Waals surface area contributed by atoms with Crippen LogP contribution in [0.1, 0.15) is 0 Å². The summed E-state index contributed by atoms with van der Waals surface area (Å²) in [6, 6.07) is 14.3. The number of hydrogen-bond acceptors (Lipinski definition) is 6. The van der Waals surface area contributed by atoms with Crippen LogP contribution in [0.4, 0.5) is 14.5 Å². The van der Waals surface area contributed by atoms with Crippen LogP contribution in [0, 0.1) is 0 Å². The summed E-state index contributed by atoms with van der Waals surface area (Å²) in [6.07, 6.45) is 0. The summed E-state index contributed by atoms with van der Waals surface area (Å²) in [6.45, 7) is 0. The number of carbonyl (C=O) groups is 1. The Morgan fingerprint density at radius 3 is 2.43 bits per heavy atom. The Bertz CT molecular complexity index is 1050. The van der Waals surface area contributed by atoms with Crippen molar-refractivity contribution in [1.82, 2.24) is 4.98 Å². The van der Waals surface area contributed by atoms with Gasteiger partial charge in [0, 0.05) is 16.6 Å². The highest BCUT2D eigenvalue weighted by molar-refractivity contribution is 8.01. The molecule has 3 rings (SSSR count). The van der Waals surface area contributed by atoms with E-state index in [4.69, 9.17) is 0 Å². The number of sulfone groups is 1. The monoisotopic (exact) mass is 440 g/mol. The number of alkyl halides is 2. The van der Waals surface area contributed by atoms with E-state index in [1.165, 1.54) is 35.2 Å². The van der Waals surface area contributed by atoms with E-state index in [0.717, 1.165) is 27.7 Å². The van der Waals surface area contributed by atoms with E-state index in [1.807, 2.05) is 35.7 Å². The van der Waals surface area contributed by atoms with Gasteiger partial charge in [0.25, 0.3) is 0 Å². The van der Waals surface area contributed by atoms with Crippen LogP contribution in [0.3, 0.4) is 0 Å². The van der Waals surface area contributed by atoms with Crippen molar-refractivity contribution in [3.8, 4) is 11.3 Å². The third-order valence-corrected chi connectivity index (χ3v) is 7.00. The van der Waals surface area contributed by atoms with Gasteiger partial charge in [-0.15, -0.1) is 11.3 Å². The van der Waals surface area contributed by atoms with E-state index in [2.05, 4.69) is 10.3 Å². The lowest BCUT2D eigenvalue weighted by Crippen LogP contribution is -2.14. The number of halogens is 2. The first-order valence-corrected chi connectivity index (χ1v) is 11.3. The molecule has 1 heterocycles. The summed E-state index contributed by atoms with van der Waals surface area (Å²) in [5, 5.41) is 4.51. The minimum atomic E-state index is -4.65. The van der Waals surface area contributed by atoms with E-state index < -0.39 is 20.5 Å². The molecule has 10 heteroatoms. The predicted octanol–water partition coefficient (Wildman–Crippen LogP) is 4.54. The summed E-state index contributed by atoms with van der Waals surface area (Å²) in [5.41, 5.74) is 2.15. The van der Waals surface area contributed by atoms with Gasteiger partial charge in [-0.3, -0.25) is 4.79 Å². The van der Waals surface area contributed by atoms with Crippen molar-refractivity contribution in [1.29, 1.82) is 0 Å². The van der Waals surface area contributed by atoms with Gasteiger partial charge in [0.05, 0.1) is 16.3 Å². The Hall–Kier alpha value is -2.30. The topological polar surface area (TPSA) is 76.1 Å². The lowest BCUT2D eigenvalue weighted by atomic mass is 10.2. The number of rotatable bonds is 7. The molecule has 2 aromatic carbocycles. The molecule has 0 saturated carbocycles. The molecular weight excluding hydrogens is 426 g/mol. The third kappa shape index (κ3) is 4.94. The molecule has 0 fully saturated rings. The molecule has 0 spiro atoms. The largest absolute Gasteiger partial charge is 0.341 e. The standard InChI is InChI=1S/C18H14F2N2O3S3/c19-17(20)28(24,25)14-8-6-13(7-9-14)21-16(23)11-27-18-22-15(10-26-18)12-4-2-1-3-5-12/h1-10,17H,11H2,(H,21,23). The highest BCUT2D eigenvalue weighted by Gasteiger charge is 2.26. The average molecular weight is 441 g/mol. The van der Waals surface area contributed by atoms with Gasteiger partial charge in [-0.25, -0.2) is 13.4 Å². The lowest BCUT2D eigenvalue weighted by molar-refractivity contribution is -0.113. The molecule has 1 N–H and O–H groups in total. The van der Waals surface area contributed by atoms with Gasteiger partial charge >= 0.3 is 5.76 Å². The third-order valence-electron chi connectivity index (χ3n) is 3.58. The van der Waals surface area contributed by atoms with Crippen LogP contribution in [0.15, 0.2) is 69.2 Å². The van der Waals surface area contributed by atoms with Gasteiger partial charge in [0.1, 0.15) is 0 Å². The number of thioether (sulfide) groups is 1. The predicted molar refractivity (Wildman–Crippen MR) is 107 cm³/mol. The Labute approximate surface area is 168 Å². The van der Waals surface area contributed by atoms with Crippen LogP contribution in [0.5, 0.6) is 0 Å². The van der Waals surface area contributed by atoms with E-state index in [9.17, 15) is 22.0 Å². The van der Waals surface area contributed by atoms with Gasteiger partial charge in [0.2, 0.25) is 15.7 Å². The molecule has 0 atom stereocenters. The van der Waals surface area contributed by atoms with Crippen molar-refractivity contribution in [2.24, 2.45) is 0 Å². The van der Waals surface area contributed by atoms with E-state index in [1.54, 1.807) is 0 Å². The summed E-state index contributed by atoms with van der Waals surface area (Å²) in [4.78, 5) is 16.0. The molecule has 0 radical (unpaired) electrons. The molecule has 1 amide bonds. The maximum Gasteiger partial charge on any atom is 0.341 e. The van der Waals surface area contributed by atoms with Crippen LogP contribution < -0.4 is 5.32 Å². The van der Waals surface area contributed by atoms with Gasteiger partial charge in [-0.1, -0.05) is 42.1 Å². The second kappa shape index (κ2) is 8.80. The second-order valence-corrected chi connectivity index (χ2v) is 9.53. The summed E-state index contributed by atoms with van der Waals surface area (Å²) in [5.74, 6) is -3.69. The average Bonchev–Trinajstić information content (AvgIpc) is 3.16. The molecule has 5 nitrogen and oxygen atoms in total. The molecule has 0 aliphatic rings. The zero-order valence-corrected chi connectivity index (χ0v) is 16.7. The SMILES string of the molecule is O=C(CSc1nc(-c2ccccc2)cs1)Nc1ccc(S(=O)(=O)C(F)F)cc1. The number of nitrogens with one attached hydrogen (secondary N) is 1. The molecule has 0 aliphatic heterocycles. The minimum Gasteiger partial charge on any atom is -0.325 e. The van der Waals surface area contributed by atoms with E-state index >= 15 is 0 Å². The zero-order chi connectivity index (χ0) is 20.1. The summed E-state index contributed by atoms with van der Waals surface area (Å²) in [7, 11) is -4.65. The first-order valence-electron chi connectivity index (χ1n) is 7.92. The molecule has 0 bridgehead atoms. The number of nitrogens with zero attached hydrogens (tertiary/aromatic N) is 1. The van der Waals surface area contributed by atoms with Crippen molar-refractivity contribution >= 4 is 44.5 Å². The zero-order valence-electron chi connectivity index (χ0n) is 14.2. The van der Waals surface area contributed by atoms with Crippen LogP contribution in [-0.4, -0.2) is 30.8 Å². The van der Waals surface area contributed by atoms with Gasteiger partial charge in [-0.2, -0.15) is 8.78 Å². The number of benzene rings is 2. The maximum atomic E-state index is 12.5. The number of anilines is 1. The molecule has 0 saturated heterocycles. The summed E-state index contributed by atoms with van der Waals surface area (Å²) < 4.78 is 48.5. The molecular formula is C18H14F2N2O3S3. The first kappa shape index (κ1) is 20.4. The normalized spacial score (nSPS) is 11.5. The van der Waals surface area contributed by atoms with Gasteiger partial charge < -0.3 is 5.32 Å². The number of thiazole rings is 1. The van der Waals surface area contributed by atoms with E-state index in [0.29, 0.717) is 5.69 Å². The smallest absolute Gasteiger partial charge is 0.325 e. The first-order chi connectivity index (χ1) is 13.4. The van der Waals surface area contributed by atoms with Crippen molar-refractivity contribution in [3.63, 3.8) is 0 Å². The van der Waals surface area contributed by atoms with Crippen LogP contribution in [0.2, 0.25) is 0 Å². The number of carbonyl (C=O) groups excluding carboxylic acids is 1. The fourth-order valence-corrected chi connectivity index (χ4v) is 4.58. The number of aromatic nitrogens is 1. The van der Waals surface area contributed by atoms with Crippen LogP contribution in [0.25, 0.3) is 11.3 Å². The molecule has 1 aromatic heterocycles. The highest BCUT2D eigenvalue weighted by Crippen LogP contribution is 2.28. The lowest BCUT2D eigenvalue weighted by Gasteiger charge is -2.06. The van der Waals surface area contributed by atoms with Gasteiger partial charge in [-0.05, 0) is 24.3 Å². The number of hydrogen-bond donors (Lipinski definition) is 1. The van der Waals surface area contributed by atoms with Crippen LogP contribution in [-0.2, 0) is 14.6 Å². The fourth-order valence-electron chi connectivity index (χ4n) is 2.22. The fraction of sp³-hybridized carbons (Fsp3) is 0.111. The highest BCUT2D eigenvalue weighted by atomic mass is 32.2. The maximum absolute atomic E-state index is 12.5. The molecule has 0 unspecified atom stereocenters. The van der Waals surface area contributed by atoms with Crippen LogP contribution >= 0.6 is 23.1 Å². The molecule has 28 heavy (non-hydrogen) atoms. The Morgan fingerprint density at radius 2 is 1.79 bits per heavy atom. The minimum absolute atomic E-state index is 0.110. The number of amides is 1. The Balaban J connectivity index is 1.56.